The van der Waals surface area contributed by atoms with Gasteiger partial charge in [-0.2, -0.15) is 21.0 Å². The summed E-state index contributed by atoms with van der Waals surface area (Å²) in [4.78, 5) is 0. The smallest absolute Gasteiger partial charge is 0.418 e. The number of nitrogens with zero attached hydrogens (tertiary/aromatic N) is 10. The van der Waals surface area contributed by atoms with E-state index in [2.05, 4.69) is 89.1 Å². The Morgan fingerprint density at radius 2 is 0.655 bits per heavy atom. The zero-order chi connectivity index (χ0) is 40.7. The number of rotatable bonds is 6. The first kappa shape index (κ1) is 48.6. The minimum atomic E-state index is -6.00. The van der Waals surface area contributed by atoms with Gasteiger partial charge in [0.15, 0.2) is 0 Å². The molecule has 55 heavy (non-hydrogen) atoms. The summed E-state index contributed by atoms with van der Waals surface area (Å²) in [6.07, 6.45) is 0. The Morgan fingerprint density at radius 1 is 0.473 bits per heavy atom. The van der Waals surface area contributed by atoms with E-state index in [-0.39, 0.29) is 17.1 Å². The van der Waals surface area contributed by atoms with Crippen molar-refractivity contribution in [1.82, 2.24) is 29.1 Å². The monoisotopic (exact) mass is 790 g/mol. The molecule has 0 amide bonds. The maximum atomic E-state index is 9.75. The molecule has 0 bridgehead atoms. The summed E-state index contributed by atoms with van der Waals surface area (Å²) in [5, 5.41) is 44.6. The van der Waals surface area contributed by atoms with Crippen molar-refractivity contribution in [2.75, 3.05) is 0 Å². The quantitative estimate of drug-likeness (QED) is 0.121. The average molecular weight is 790 g/mol. The van der Waals surface area contributed by atoms with E-state index in [1.54, 1.807) is 24.3 Å². The Balaban J connectivity index is 0.00000139. The van der Waals surface area contributed by atoms with Crippen LogP contribution in [-0.4, -0.2) is 43.4 Å². The van der Waals surface area contributed by atoms with Crippen molar-refractivity contribution in [1.29, 1.82) is 21.0 Å². The molecule has 0 aliphatic carbocycles. The molecule has 3 aromatic carbocycles. The van der Waals surface area contributed by atoms with Crippen molar-refractivity contribution in [3.8, 4) is 58.0 Å². The molecule has 0 aliphatic heterocycles. The van der Waals surface area contributed by atoms with Crippen LogP contribution in [0.3, 0.4) is 0 Å². The van der Waals surface area contributed by atoms with Crippen LogP contribution in [0.25, 0.3) is 33.8 Å². The zero-order valence-electron chi connectivity index (χ0n) is 31.5. The molecule has 10 nitrogen and oxygen atoms in total. The molecular formula is C38H40B2F4FeN10. The summed E-state index contributed by atoms with van der Waals surface area (Å²) < 4.78 is 45.3. The number of halogens is 4. The van der Waals surface area contributed by atoms with Gasteiger partial charge in [-0.05, 0) is 56.1 Å². The number of nitriles is 4. The molecule has 17 heteroatoms. The first-order valence-corrected chi connectivity index (χ1v) is 16.4. The van der Waals surface area contributed by atoms with Crippen LogP contribution in [0, 0.1) is 66.1 Å². The maximum absolute atomic E-state index is 9.75. The van der Waals surface area contributed by atoms with Crippen molar-refractivity contribution >= 4 is 14.4 Å². The largest absolute Gasteiger partial charge is 2.00 e. The Kier molecular flexibility index (Phi) is 22.6. The van der Waals surface area contributed by atoms with E-state index >= 15 is 0 Å². The van der Waals surface area contributed by atoms with Gasteiger partial charge in [-0.3, -0.25) is 0 Å². The van der Waals surface area contributed by atoms with Crippen LogP contribution in [0.1, 0.15) is 44.8 Å². The van der Waals surface area contributed by atoms with Crippen molar-refractivity contribution in [3.63, 3.8) is 0 Å². The fourth-order valence-corrected chi connectivity index (χ4v) is 5.02. The first-order chi connectivity index (χ1) is 25.7. The molecule has 0 N–H and O–H groups in total. The molecule has 0 spiro atoms. The van der Waals surface area contributed by atoms with Gasteiger partial charge in [0.05, 0.1) is 41.4 Å². The Morgan fingerprint density at radius 3 is 0.836 bits per heavy atom. The third-order valence-corrected chi connectivity index (χ3v) is 6.96. The molecule has 0 atom stereocenters. The standard InChI is InChI=1S/C30H28BN6.4C2H3N.BF4.Fe/c1-22-19-28(25-13-7-4-8-14-25)32-35(22)31(36-23(2)20-29(33-36)26-15-9-5-10-16-26)37-24(3)21-30(34-37)27-17-11-6-12-18-27;4*1-2-3;2-1(3,4)5;/h4-21,31H,1-3H3;4*1H3;;/q-1;;;;;-1;+2. The number of hydrogen-bond acceptors (Lipinski definition) is 7. The molecule has 6 rings (SSSR count). The van der Waals surface area contributed by atoms with Crippen LogP contribution in [0.2, 0.25) is 0 Å². The van der Waals surface area contributed by atoms with Crippen LogP contribution < -0.4 is 0 Å². The molecule has 0 radical (unpaired) electrons. The van der Waals surface area contributed by atoms with E-state index in [1.807, 2.05) is 54.6 Å². The van der Waals surface area contributed by atoms with Gasteiger partial charge in [0, 0.05) is 44.4 Å². The van der Waals surface area contributed by atoms with Gasteiger partial charge in [-0.1, -0.05) is 91.0 Å². The molecule has 6 aromatic rings. The van der Waals surface area contributed by atoms with E-state index < -0.39 is 14.4 Å². The van der Waals surface area contributed by atoms with Crippen molar-refractivity contribution in [3.05, 3.63) is 126 Å². The fourth-order valence-electron chi connectivity index (χ4n) is 5.02. The summed E-state index contributed by atoms with van der Waals surface area (Å²) in [6, 6.07) is 44.3. The minimum absolute atomic E-state index is 0. The average Bonchev–Trinajstić information content (AvgIpc) is 3.84. The summed E-state index contributed by atoms with van der Waals surface area (Å²) in [6.45, 7) is 12.0. The number of aryl methyl sites for hydroxylation is 3. The normalized spacial score (nSPS) is 9.31. The van der Waals surface area contributed by atoms with Gasteiger partial charge in [-0.15, -0.1) is 0 Å². The minimum Gasteiger partial charge on any atom is -0.418 e. The van der Waals surface area contributed by atoms with Crippen molar-refractivity contribution < 1.29 is 34.3 Å². The molecule has 3 aromatic heterocycles. The zero-order valence-corrected chi connectivity index (χ0v) is 32.6. The Bertz CT molecular complexity index is 1910. The van der Waals surface area contributed by atoms with E-state index in [0.717, 1.165) is 50.9 Å². The topological polar surface area (TPSA) is 149 Å². The summed E-state index contributed by atoms with van der Waals surface area (Å²) in [7, 11) is -7.55. The van der Waals surface area contributed by atoms with E-state index in [9.17, 15) is 17.3 Å². The summed E-state index contributed by atoms with van der Waals surface area (Å²) in [5.74, 6) is 0. The molecule has 0 unspecified atom stereocenters. The Labute approximate surface area is 330 Å². The van der Waals surface area contributed by atoms with E-state index in [4.69, 9.17) is 36.3 Å². The molecule has 0 aliphatic rings. The van der Waals surface area contributed by atoms with Gasteiger partial charge in [-0.25, -0.2) is 15.3 Å². The predicted molar refractivity (Wildman–Crippen MR) is 206 cm³/mol. The van der Waals surface area contributed by atoms with Crippen LogP contribution >= 0.6 is 0 Å². The van der Waals surface area contributed by atoms with Gasteiger partial charge in [0.1, 0.15) is 0 Å². The van der Waals surface area contributed by atoms with Crippen LogP contribution in [0.5, 0.6) is 0 Å². The third-order valence-electron chi connectivity index (χ3n) is 6.96. The SMILES string of the molecule is CC#N.CC#N.CC#N.CC#N.Cc1cc(-c2ccccc2)nn1[BH-](n1nc(-c2ccccc2)cc1C)n1nc(-c2ccccc2)cc1C.F[B-](F)(F)F.[Fe+2]. The number of aromatic nitrogens is 6. The van der Waals surface area contributed by atoms with Gasteiger partial charge in [0.25, 0.3) is 0 Å². The second-order valence-electron chi connectivity index (χ2n) is 10.9. The molecule has 0 saturated carbocycles. The Hall–Kier alpha value is -6.38. The van der Waals surface area contributed by atoms with Crippen molar-refractivity contribution in [2.45, 2.75) is 48.5 Å². The number of hydrogen-bond donors (Lipinski definition) is 0. The van der Waals surface area contributed by atoms with E-state index in [1.165, 1.54) is 27.7 Å². The van der Waals surface area contributed by atoms with Gasteiger partial charge in [0.2, 0.25) is 0 Å². The molecule has 0 fully saturated rings. The third kappa shape index (κ3) is 16.4. The second-order valence-corrected chi connectivity index (χ2v) is 10.9. The van der Waals surface area contributed by atoms with Crippen LogP contribution in [-0.2, 0) is 17.1 Å². The second kappa shape index (κ2) is 25.6. The molecule has 0 saturated heterocycles. The van der Waals surface area contributed by atoms with Gasteiger partial charge < -0.3 is 31.0 Å². The van der Waals surface area contributed by atoms with E-state index in [0.29, 0.717) is 0 Å². The maximum Gasteiger partial charge on any atom is 2.00 e. The van der Waals surface area contributed by atoms with Crippen molar-refractivity contribution in [2.24, 2.45) is 0 Å². The molecular weight excluding hydrogens is 750 g/mol. The molecule has 3 heterocycles. The van der Waals surface area contributed by atoms with Crippen LogP contribution in [0.15, 0.2) is 109 Å². The van der Waals surface area contributed by atoms with Crippen LogP contribution in [0.4, 0.5) is 17.3 Å². The first-order valence-electron chi connectivity index (χ1n) is 16.4. The summed E-state index contributed by atoms with van der Waals surface area (Å²) in [5.41, 5.74) is 9.28. The molecule has 284 valence electrons. The predicted octanol–water partition coefficient (Wildman–Crippen LogP) is 9.28. The fraction of sp³-hybridized carbons (Fsp3) is 0.184. The number of benzene rings is 3. The van der Waals surface area contributed by atoms with Gasteiger partial charge >= 0.3 is 31.4 Å². The summed E-state index contributed by atoms with van der Waals surface area (Å²) >= 11 is 0.